The lowest BCUT2D eigenvalue weighted by Gasteiger charge is -2.15. The van der Waals surface area contributed by atoms with Crippen LogP contribution < -0.4 is 15.6 Å². The zero-order valence-corrected chi connectivity index (χ0v) is 15.1. The molecule has 0 aliphatic heterocycles. The largest absolute Gasteiger partial charge is 0.481 e. The van der Waals surface area contributed by atoms with Crippen molar-refractivity contribution in [1.29, 1.82) is 0 Å². The van der Waals surface area contributed by atoms with E-state index in [1.54, 1.807) is 6.92 Å². The fraction of sp³-hybridized carbons (Fsp3) is 0.182. The minimum Gasteiger partial charge on any atom is -0.481 e. The van der Waals surface area contributed by atoms with Gasteiger partial charge in [-0.2, -0.15) is 0 Å². The molecule has 0 heterocycles. The maximum Gasteiger partial charge on any atom is 0.279 e. The lowest BCUT2D eigenvalue weighted by atomic mass is 10.1. The second-order valence-corrected chi connectivity index (χ2v) is 6.29. The first-order valence-corrected chi connectivity index (χ1v) is 8.90. The molecule has 3 rings (SSSR count). The summed E-state index contributed by atoms with van der Waals surface area (Å²) in [5, 5.41) is 2.14. The minimum atomic E-state index is -0.736. The van der Waals surface area contributed by atoms with Gasteiger partial charge in [0.25, 0.3) is 5.91 Å². The summed E-state index contributed by atoms with van der Waals surface area (Å²) >= 11 is 0. The molecule has 3 aromatic rings. The third kappa shape index (κ3) is 5.31. The van der Waals surface area contributed by atoms with Crippen LogP contribution in [-0.2, 0) is 16.0 Å². The van der Waals surface area contributed by atoms with Crippen LogP contribution in [0.15, 0.2) is 72.8 Å². The Kier molecular flexibility index (Phi) is 6.05. The van der Waals surface area contributed by atoms with E-state index >= 15 is 0 Å². The third-order valence-corrected chi connectivity index (χ3v) is 4.21. The van der Waals surface area contributed by atoms with Crippen molar-refractivity contribution in [1.82, 2.24) is 10.9 Å². The normalized spacial score (nSPS) is 11.6. The van der Waals surface area contributed by atoms with E-state index < -0.39 is 12.0 Å². The number of benzene rings is 3. The molecule has 0 aliphatic rings. The highest BCUT2D eigenvalue weighted by atomic mass is 16.5. The summed E-state index contributed by atoms with van der Waals surface area (Å²) in [5.41, 5.74) is 5.92. The van der Waals surface area contributed by atoms with E-state index in [1.165, 1.54) is 0 Å². The summed E-state index contributed by atoms with van der Waals surface area (Å²) in [5.74, 6) is -0.0481. The van der Waals surface area contributed by atoms with E-state index in [0.717, 1.165) is 16.3 Å². The first kappa shape index (κ1) is 18.5. The molecule has 0 spiro atoms. The van der Waals surface area contributed by atoms with Gasteiger partial charge in [0.2, 0.25) is 5.91 Å². The van der Waals surface area contributed by atoms with Gasteiger partial charge in [0.05, 0.1) is 0 Å². The number of hydrogen-bond acceptors (Lipinski definition) is 3. The number of ether oxygens (including phenoxy) is 1. The molecule has 0 bridgehead atoms. The SMILES string of the molecule is CC(Oc1ccc2ccccc2c1)C(=O)NNC(=O)CCc1ccccc1. The van der Waals surface area contributed by atoms with Crippen LogP contribution in [-0.4, -0.2) is 17.9 Å². The summed E-state index contributed by atoms with van der Waals surface area (Å²) in [6, 6.07) is 23.3. The summed E-state index contributed by atoms with van der Waals surface area (Å²) in [6.07, 6.45) is 0.177. The van der Waals surface area contributed by atoms with Crippen LogP contribution in [0.5, 0.6) is 5.75 Å². The van der Waals surface area contributed by atoms with Crippen molar-refractivity contribution in [2.75, 3.05) is 0 Å². The summed E-state index contributed by atoms with van der Waals surface area (Å²) < 4.78 is 5.68. The maximum absolute atomic E-state index is 12.1. The number of nitrogens with one attached hydrogen (secondary N) is 2. The van der Waals surface area contributed by atoms with Crippen LogP contribution in [0.2, 0.25) is 0 Å². The summed E-state index contributed by atoms with van der Waals surface area (Å²) in [7, 11) is 0. The van der Waals surface area contributed by atoms with Gasteiger partial charge in [0, 0.05) is 6.42 Å². The second-order valence-electron chi connectivity index (χ2n) is 6.29. The van der Waals surface area contributed by atoms with Crippen molar-refractivity contribution in [3.05, 3.63) is 78.4 Å². The number of carbonyl (C=O) groups excluding carboxylic acids is 2. The Labute approximate surface area is 158 Å². The van der Waals surface area contributed by atoms with Gasteiger partial charge in [0.1, 0.15) is 5.75 Å². The fourth-order valence-electron chi connectivity index (χ4n) is 2.70. The molecule has 2 N–H and O–H groups in total. The zero-order chi connectivity index (χ0) is 19.1. The Morgan fingerprint density at radius 2 is 1.59 bits per heavy atom. The molecule has 1 atom stereocenters. The van der Waals surface area contributed by atoms with E-state index in [1.807, 2.05) is 72.8 Å². The quantitative estimate of drug-likeness (QED) is 0.661. The molecule has 0 radical (unpaired) electrons. The van der Waals surface area contributed by atoms with Crippen LogP contribution in [0.4, 0.5) is 0 Å². The Balaban J connectivity index is 1.46. The van der Waals surface area contributed by atoms with Crippen molar-refractivity contribution in [2.24, 2.45) is 0 Å². The molecule has 3 aromatic carbocycles. The van der Waals surface area contributed by atoms with Gasteiger partial charge in [-0.1, -0.05) is 60.7 Å². The lowest BCUT2D eigenvalue weighted by Crippen LogP contribution is -2.47. The number of amides is 2. The Hall–Kier alpha value is -3.34. The van der Waals surface area contributed by atoms with Gasteiger partial charge in [-0.3, -0.25) is 20.4 Å². The van der Waals surface area contributed by atoms with Gasteiger partial charge in [-0.25, -0.2) is 0 Å². The van der Waals surface area contributed by atoms with Gasteiger partial charge < -0.3 is 4.74 Å². The second kappa shape index (κ2) is 8.85. The first-order valence-electron chi connectivity index (χ1n) is 8.90. The Morgan fingerprint density at radius 1 is 0.889 bits per heavy atom. The molecule has 0 fully saturated rings. The van der Waals surface area contributed by atoms with Crippen molar-refractivity contribution >= 4 is 22.6 Å². The number of carbonyl (C=O) groups is 2. The van der Waals surface area contributed by atoms with Crippen LogP contribution in [0.1, 0.15) is 18.9 Å². The average molecular weight is 362 g/mol. The van der Waals surface area contributed by atoms with Gasteiger partial charge >= 0.3 is 0 Å². The van der Waals surface area contributed by atoms with Crippen LogP contribution >= 0.6 is 0 Å². The smallest absolute Gasteiger partial charge is 0.279 e. The lowest BCUT2D eigenvalue weighted by molar-refractivity contribution is -0.132. The Morgan fingerprint density at radius 3 is 2.37 bits per heavy atom. The predicted octanol–water partition coefficient (Wildman–Crippen LogP) is 3.39. The molecule has 27 heavy (non-hydrogen) atoms. The first-order chi connectivity index (χ1) is 13.1. The molecular weight excluding hydrogens is 340 g/mol. The van der Waals surface area contributed by atoms with Crippen molar-refractivity contribution in [3.8, 4) is 5.75 Å². The molecule has 2 amide bonds. The van der Waals surface area contributed by atoms with E-state index in [-0.39, 0.29) is 5.91 Å². The number of hydrazine groups is 1. The predicted molar refractivity (Wildman–Crippen MR) is 105 cm³/mol. The minimum absolute atomic E-state index is 0.245. The number of rotatable bonds is 6. The van der Waals surface area contributed by atoms with Gasteiger partial charge in [-0.15, -0.1) is 0 Å². The van der Waals surface area contributed by atoms with Gasteiger partial charge in [-0.05, 0) is 41.8 Å². The van der Waals surface area contributed by atoms with E-state index in [4.69, 9.17) is 4.74 Å². The molecule has 5 nitrogen and oxygen atoms in total. The maximum atomic E-state index is 12.1. The molecule has 0 saturated heterocycles. The molecule has 0 aliphatic carbocycles. The number of hydrogen-bond donors (Lipinski definition) is 2. The Bertz CT molecular complexity index is 925. The fourth-order valence-corrected chi connectivity index (χ4v) is 2.70. The summed E-state index contributed by atoms with van der Waals surface area (Å²) in [4.78, 5) is 24.0. The molecular formula is C22H22N2O3. The van der Waals surface area contributed by atoms with E-state index in [9.17, 15) is 9.59 Å². The van der Waals surface area contributed by atoms with E-state index in [0.29, 0.717) is 18.6 Å². The zero-order valence-electron chi connectivity index (χ0n) is 15.1. The van der Waals surface area contributed by atoms with Crippen LogP contribution in [0.3, 0.4) is 0 Å². The van der Waals surface area contributed by atoms with Crippen molar-refractivity contribution in [3.63, 3.8) is 0 Å². The van der Waals surface area contributed by atoms with E-state index in [2.05, 4.69) is 10.9 Å². The highest BCUT2D eigenvalue weighted by Gasteiger charge is 2.15. The molecule has 1 unspecified atom stereocenters. The monoisotopic (exact) mass is 362 g/mol. The highest BCUT2D eigenvalue weighted by molar-refractivity contribution is 5.85. The average Bonchev–Trinajstić information content (AvgIpc) is 2.71. The number of fused-ring (bicyclic) bond motifs is 1. The molecule has 0 aromatic heterocycles. The van der Waals surface area contributed by atoms with Crippen LogP contribution in [0, 0.1) is 0 Å². The highest BCUT2D eigenvalue weighted by Crippen LogP contribution is 2.21. The van der Waals surface area contributed by atoms with Crippen molar-refractivity contribution < 1.29 is 14.3 Å². The summed E-state index contributed by atoms with van der Waals surface area (Å²) in [6.45, 7) is 1.64. The molecule has 0 saturated carbocycles. The molecule has 5 heteroatoms. The topological polar surface area (TPSA) is 67.4 Å². The third-order valence-electron chi connectivity index (χ3n) is 4.21. The standard InChI is InChI=1S/C22H22N2O3/c1-16(27-20-13-12-18-9-5-6-10-19(18)15-20)22(26)24-23-21(25)14-11-17-7-3-2-4-8-17/h2-10,12-13,15-16H,11,14H2,1H3,(H,23,25)(H,24,26). The molecule has 138 valence electrons. The van der Waals surface area contributed by atoms with Crippen molar-refractivity contribution in [2.45, 2.75) is 25.9 Å². The number of aryl methyl sites for hydroxylation is 1. The van der Waals surface area contributed by atoms with Gasteiger partial charge in [0.15, 0.2) is 6.10 Å². The van der Waals surface area contributed by atoms with Crippen LogP contribution in [0.25, 0.3) is 10.8 Å².